The lowest BCUT2D eigenvalue weighted by molar-refractivity contribution is -0.148. The summed E-state index contributed by atoms with van der Waals surface area (Å²) >= 11 is 0. The molecule has 0 aromatic heterocycles. The fourth-order valence-electron chi connectivity index (χ4n) is 2.55. The maximum Gasteiger partial charge on any atom is 0.306 e. The minimum absolute atomic E-state index is 0.0463. The normalized spacial score (nSPS) is 31.5. The van der Waals surface area contributed by atoms with Crippen molar-refractivity contribution in [1.82, 2.24) is 4.90 Å². The molecule has 5 heteroatoms. The standard InChI is InChI=1S/C11H17NO4/c13-10-7-16-6-5-12(10)9-3-1-8(2-4-9)11(14)15/h8-9H,1-7H2,(H,14,15)/t8-,9-. The highest BCUT2D eigenvalue weighted by atomic mass is 16.5. The fraction of sp³-hybridized carbons (Fsp3) is 0.818. The molecule has 5 nitrogen and oxygen atoms in total. The van der Waals surface area contributed by atoms with E-state index in [2.05, 4.69) is 0 Å². The molecule has 0 aromatic carbocycles. The summed E-state index contributed by atoms with van der Waals surface area (Å²) in [6, 6.07) is 0.229. The smallest absolute Gasteiger partial charge is 0.306 e. The lowest BCUT2D eigenvalue weighted by Crippen LogP contribution is -2.49. The zero-order valence-electron chi connectivity index (χ0n) is 9.22. The van der Waals surface area contributed by atoms with Crippen molar-refractivity contribution in [2.24, 2.45) is 5.92 Å². The van der Waals surface area contributed by atoms with Crippen molar-refractivity contribution in [3.8, 4) is 0 Å². The third-order valence-corrected chi connectivity index (χ3v) is 3.51. The van der Waals surface area contributed by atoms with Gasteiger partial charge in [0.25, 0.3) is 0 Å². The number of hydrogen-bond donors (Lipinski definition) is 1. The van der Waals surface area contributed by atoms with Gasteiger partial charge in [0.2, 0.25) is 5.91 Å². The molecule has 0 unspecified atom stereocenters. The highest BCUT2D eigenvalue weighted by molar-refractivity contribution is 5.78. The predicted molar refractivity (Wildman–Crippen MR) is 55.9 cm³/mol. The molecule has 2 fully saturated rings. The van der Waals surface area contributed by atoms with Crippen LogP contribution in [0.25, 0.3) is 0 Å². The molecule has 1 saturated carbocycles. The minimum Gasteiger partial charge on any atom is -0.481 e. The molecule has 2 aliphatic rings. The van der Waals surface area contributed by atoms with Crippen molar-refractivity contribution in [2.75, 3.05) is 19.8 Å². The second-order valence-corrected chi connectivity index (χ2v) is 4.48. The second kappa shape index (κ2) is 4.82. The monoisotopic (exact) mass is 227 g/mol. The zero-order valence-corrected chi connectivity index (χ0v) is 9.22. The largest absolute Gasteiger partial charge is 0.481 e. The first kappa shape index (κ1) is 11.4. The number of nitrogens with zero attached hydrogens (tertiary/aromatic N) is 1. The molecule has 90 valence electrons. The van der Waals surface area contributed by atoms with Crippen LogP contribution in [0.15, 0.2) is 0 Å². The maximum atomic E-state index is 11.6. The molecule has 1 amide bonds. The van der Waals surface area contributed by atoms with Gasteiger partial charge in [0.15, 0.2) is 0 Å². The summed E-state index contributed by atoms with van der Waals surface area (Å²) in [5.74, 6) is -0.871. The van der Waals surface area contributed by atoms with Gasteiger partial charge in [-0.15, -0.1) is 0 Å². The Labute approximate surface area is 94.4 Å². The SMILES string of the molecule is O=C1COCCN1[C@H]1CC[C@H](C(=O)O)CC1. The molecule has 0 spiro atoms. The van der Waals surface area contributed by atoms with Gasteiger partial charge in [0.1, 0.15) is 6.61 Å². The van der Waals surface area contributed by atoms with E-state index in [-0.39, 0.29) is 24.5 Å². The zero-order chi connectivity index (χ0) is 11.5. The number of hydrogen-bond acceptors (Lipinski definition) is 3. The Kier molecular flexibility index (Phi) is 3.43. The molecule has 0 aromatic rings. The highest BCUT2D eigenvalue weighted by Crippen LogP contribution is 2.28. The van der Waals surface area contributed by atoms with Crippen LogP contribution < -0.4 is 0 Å². The van der Waals surface area contributed by atoms with E-state index in [0.29, 0.717) is 26.0 Å². The molecule has 0 atom stereocenters. The number of amides is 1. The van der Waals surface area contributed by atoms with Crippen LogP contribution in [-0.4, -0.2) is 47.7 Å². The lowest BCUT2D eigenvalue weighted by Gasteiger charge is -2.37. The summed E-state index contributed by atoms with van der Waals surface area (Å²) in [7, 11) is 0. The Morgan fingerprint density at radius 2 is 2.00 bits per heavy atom. The van der Waals surface area contributed by atoms with E-state index in [0.717, 1.165) is 12.8 Å². The number of rotatable bonds is 2. The molecular formula is C11H17NO4. The van der Waals surface area contributed by atoms with Gasteiger partial charge in [-0.05, 0) is 25.7 Å². The van der Waals surface area contributed by atoms with Crippen molar-refractivity contribution in [3.63, 3.8) is 0 Å². The molecule has 2 rings (SSSR count). The third-order valence-electron chi connectivity index (χ3n) is 3.51. The number of carboxylic acids is 1. The molecule has 0 bridgehead atoms. The summed E-state index contributed by atoms with van der Waals surface area (Å²) in [6.07, 6.45) is 2.99. The van der Waals surface area contributed by atoms with Crippen molar-refractivity contribution >= 4 is 11.9 Å². The first-order valence-corrected chi connectivity index (χ1v) is 5.78. The maximum absolute atomic E-state index is 11.6. The fourth-order valence-corrected chi connectivity index (χ4v) is 2.55. The van der Waals surface area contributed by atoms with Gasteiger partial charge in [-0.1, -0.05) is 0 Å². The van der Waals surface area contributed by atoms with Gasteiger partial charge in [0.05, 0.1) is 12.5 Å². The topological polar surface area (TPSA) is 66.8 Å². The number of carbonyl (C=O) groups is 2. The van der Waals surface area contributed by atoms with Gasteiger partial charge < -0.3 is 14.7 Å². The molecule has 1 aliphatic carbocycles. The summed E-state index contributed by atoms with van der Waals surface area (Å²) in [5, 5.41) is 8.89. The van der Waals surface area contributed by atoms with Crippen molar-refractivity contribution in [3.05, 3.63) is 0 Å². The number of morpholine rings is 1. The van der Waals surface area contributed by atoms with Crippen molar-refractivity contribution in [1.29, 1.82) is 0 Å². The number of carboxylic acid groups (broad SMARTS) is 1. The van der Waals surface area contributed by atoms with Crippen molar-refractivity contribution in [2.45, 2.75) is 31.7 Å². The van der Waals surface area contributed by atoms with Crippen molar-refractivity contribution < 1.29 is 19.4 Å². The molecule has 16 heavy (non-hydrogen) atoms. The first-order valence-electron chi connectivity index (χ1n) is 5.78. The van der Waals surface area contributed by atoms with E-state index in [1.165, 1.54) is 0 Å². The van der Waals surface area contributed by atoms with Crippen LogP contribution in [0.2, 0.25) is 0 Å². The number of ether oxygens (including phenoxy) is 1. The van der Waals surface area contributed by atoms with E-state index in [1.54, 1.807) is 0 Å². The Bertz CT molecular complexity index is 284. The van der Waals surface area contributed by atoms with Crippen LogP contribution in [0.3, 0.4) is 0 Å². The highest BCUT2D eigenvalue weighted by Gasteiger charge is 2.32. The van der Waals surface area contributed by atoms with Gasteiger partial charge in [-0.25, -0.2) is 0 Å². The second-order valence-electron chi connectivity index (χ2n) is 4.48. The van der Waals surface area contributed by atoms with E-state index in [1.807, 2.05) is 4.90 Å². The predicted octanol–water partition coefficient (Wildman–Crippen LogP) is 0.489. The van der Waals surface area contributed by atoms with E-state index >= 15 is 0 Å². The van der Waals surface area contributed by atoms with E-state index < -0.39 is 5.97 Å². The van der Waals surface area contributed by atoms with Crippen LogP contribution in [0.4, 0.5) is 0 Å². The molecule has 1 saturated heterocycles. The van der Waals surface area contributed by atoms with Crippen LogP contribution in [-0.2, 0) is 14.3 Å². The Morgan fingerprint density at radius 1 is 1.31 bits per heavy atom. The summed E-state index contributed by atoms with van der Waals surface area (Å²) in [6.45, 7) is 1.44. The van der Waals surface area contributed by atoms with Crippen LogP contribution in [0.5, 0.6) is 0 Å². The lowest BCUT2D eigenvalue weighted by atomic mass is 9.85. The van der Waals surface area contributed by atoms with Crippen LogP contribution in [0.1, 0.15) is 25.7 Å². The molecule has 1 heterocycles. The van der Waals surface area contributed by atoms with Crippen LogP contribution in [0, 0.1) is 5.92 Å². The van der Waals surface area contributed by atoms with Gasteiger partial charge in [0, 0.05) is 12.6 Å². The molecule has 1 aliphatic heterocycles. The van der Waals surface area contributed by atoms with E-state index in [4.69, 9.17) is 9.84 Å². The third kappa shape index (κ3) is 2.35. The average molecular weight is 227 g/mol. The van der Waals surface area contributed by atoms with Crippen LogP contribution >= 0.6 is 0 Å². The molecule has 0 radical (unpaired) electrons. The Morgan fingerprint density at radius 3 is 2.56 bits per heavy atom. The first-order chi connectivity index (χ1) is 7.68. The average Bonchev–Trinajstić information content (AvgIpc) is 2.30. The number of carbonyl (C=O) groups excluding carboxylic acids is 1. The van der Waals surface area contributed by atoms with E-state index in [9.17, 15) is 9.59 Å². The quantitative estimate of drug-likeness (QED) is 0.745. The summed E-state index contributed by atoms with van der Waals surface area (Å²) in [5.41, 5.74) is 0. The minimum atomic E-state index is -0.702. The Balaban J connectivity index is 1.88. The summed E-state index contributed by atoms with van der Waals surface area (Å²) < 4.78 is 5.08. The number of aliphatic carboxylic acids is 1. The van der Waals surface area contributed by atoms with Gasteiger partial charge in [-0.3, -0.25) is 9.59 Å². The molecule has 1 N–H and O–H groups in total. The van der Waals surface area contributed by atoms with Gasteiger partial charge >= 0.3 is 5.97 Å². The van der Waals surface area contributed by atoms with Gasteiger partial charge in [-0.2, -0.15) is 0 Å². The molecular weight excluding hydrogens is 210 g/mol. The summed E-state index contributed by atoms with van der Waals surface area (Å²) in [4.78, 5) is 24.3. The Hall–Kier alpha value is -1.10.